The molecule has 1 aromatic carbocycles. The molecule has 0 aromatic heterocycles. The van der Waals surface area contributed by atoms with Crippen LogP contribution < -0.4 is 16.6 Å². The van der Waals surface area contributed by atoms with Crippen molar-refractivity contribution in [2.45, 2.75) is 6.42 Å². The monoisotopic (exact) mass is 191 g/mol. The van der Waals surface area contributed by atoms with Crippen LogP contribution in [0.4, 0.5) is 5.69 Å². The predicted octanol–water partition coefficient (Wildman–Crippen LogP) is -0.215. The van der Waals surface area contributed by atoms with Gasteiger partial charge in [-0.2, -0.15) is 0 Å². The zero-order valence-corrected chi connectivity index (χ0v) is 7.33. The Bertz CT molecular complexity index is 415. The Morgan fingerprint density at radius 3 is 3.00 bits per heavy atom. The van der Waals surface area contributed by atoms with Crippen molar-refractivity contribution in [1.29, 1.82) is 0 Å². The number of fused-ring (bicyclic) bond motifs is 1. The van der Waals surface area contributed by atoms with Crippen LogP contribution in [0.5, 0.6) is 0 Å². The Hall–Kier alpha value is -1.88. The number of carbonyl (C=O) groups is 2. The summed E-state index contributed by atoms with van der Waals surface area (Å²) in [6.07, 6.45) is 0.320. The lowest BCUT2D eigenvalue weighted by molar-refractivity contribution is -0.115. The fourth-order valence-electron chi connectivity index (χ4n) is 1.52. The number of hydrazine groups is 1. The SMILES string of the molecule is NNC(=O)c1cccc2c1NC(=O)C2. The van der Waals surface area contributed by atoms with Gasteiger partial charge < -0.3 is 5.32 Å². The molecule has 72 valence electrons. The van der Waals surface area contributed by atoms with Gasteiger partial charge in [0.2, 0.25) is 5.91 Å². The maximum atomic E-state index is 11.3. The summed E-state index contributed by atoms with van der Waals surface area (Å²) in [4.78, 5) is 22.4. The number of nitrogen functional groups attached to an aromatic ring is 1. The van der Waals surface area contributed by atoms with Gasteiger partial charge in [0.25, 0.3) is 5.91 Å². The van der Waals surface area contributed by atoms with E-state index in [1.165, 1.54) is 0 Å². The molecule has 0 spiro atoms. The highest BCUT2D eigenvalue weighted by Crippen LogP contribution is 2.26. The molecule has 2 amide bonds. The smallest absolute Gasteiger partial charge is 0.267 e. The Balaban J connectivity index is 2.49. The van der Waals surface area contributed by atoms with E-state index >= 15 is 0 Å². The minimum absolute atomic E-state index is 0.0997. The van der Waals surface area contributed by atoms with Crippen molar-refractivity contribution in [3.8, 4) is 0 Å². The summed E-state index contributed by atoms with van der Waals surface area (Å²) >= 11 is 0. The Labute approximate surface area is 80.3 Å². The predicted molar refractivity (Wildman–Crippen MR) is 50.4 cm³/mol. The number of carbonyl (C=O) groups excluding carboxylic acids is 2. The van der Waals surface area contributed by atoms with E-state index in [0.29, 0.717) is 17.7 Å². The largest absolute Gasteiger partial charge is 0.325 e. The van der Waals surface area contributed by atoms with Crippen LogP contribution in [0.3, 0.4) is 0 Å². The van der Waals surface area contributed by atoms with E-state index in [9.17, 15) is 9.59 Å². The maximum absolute atomic E-state index is 11.3. The van der Waals surface area contributed by atoms with Gasteiger partial charge in [0, 0.05) is 0 Å². The molecule has 0 saturated heterocycles. The van der Waals surface area contributed by atoms with Crippen LogP contribution in [-0.4, -0.2) is 11.8 Å². The highest BCUT2D eigenvalue weighted by atomic mass is 16.2. The fraction of sp³-hybridized carbons (Fsp3) is 0.111. The molecule has 1 heterocycles. The van der Waals surface area contributed by atoms with Crippen LogP contribution in [0.25, 0.3) is 0 Å². The highest BCUT2D eigenvalue weighted by molar-refractivity contribution is 6.08. The summed E-state index contributed by atoms with van der Waals surface area (Å²) < 4.78 is 0. The van der Waals surface area contributed by atoms with E-state index in [1.807, 2.05) is 5.43 Å². The summed E-state index contributed by atoms with van der Waals surface area (Å²) in [5.41, 5.74) is 3.83. The average molecular weight is 191 g/mol. The first-order valence-corrected chi connectivity index (χ1v) is 4.15. The third kappa shape index (κ3) is 1.23. The number of anilines is 1. The first-order chi connectivity index (χ1) is 6.72. The fourth-order valence-corrected chi connectivity index (χ4v) is 1.52. The minimum atomic E-state index is -0.399. The van der Waals surface area contributed by atoms with Gasteiger partial charge in [-0.3, -0.25) is 15.0 Å². The van der Waals surface area contributed by atoms with Crippen molar-refractivity contribution in [3.63, 3.8) is 0 Å². The number of rotatable bonds is 1. The van der Waals surface area contributed by atoms with Crippen LogP contribution in [0.1, 0.15) is 15.9 Å². The standard InChI is InChI=1S/C9H9N3O2/c10-12-9(14)6-3-1-2-5-4-7(13)11-8(5)6/h1-3H,4,10H2,(H,11,13)(H,12,14). The lowest BCUT2D eigenvalue weighted by Gasteiger charge is -2.05. The molecule has 0 unspecified atom stereocenters. The van der Waals surface area contributed by atoms with Crippen molar-refractivity contribution in [2.75, 3.05) is 5.32 Å². The van der Waals surface area contributed by atoms with Gasteiger partial charge in [-0.25, -0.2) is 5.84 Å². The molecule has 5 nitrogen and oxygen atoms in total. The number of amides is 2. The van der Waals surface area contributed by atoms with Crippen LogP contribution >= 0.6 is 0 Å². The molecule has 4 N–H and O–H groups in total. The summed E-state index contributed by atoms with van der Waals surface area (Å²) in [5, 5.41) is 2.63. The normalized spacial score (nSPS) is 13.4. The molecule has 14 heavy (non-hydrogen) atoms. The highest BCUT2D eigenvalue weighted by Gasteiger charge is 2.22. The average Bonchev–Trinajstić information content (AvgIpc) is 2.56. The first kappa shape index (κ1) is 8.71. The second-order valence-corrected chi connectivity index (χ2v) is 3.04. The van der Waals surface area contributed by atoms with Gasteiger partial charge in [0.1, 0.15) is 0 Å². The zero-order valence-electron chi connectivity index (χ0n) is 7.33. The number of nitrogens with one attached hydrogen (secondary N) is 2. The third-order valence-corrected chi connectivity index (χ3v) is 2.14. The van der Waals surface area contributed by atoms with E-state index in [1.54, 1.807) is 18.2 Å². The van der Waals surface area contributed by atoms with Crippen molar-refractivity contribution >= 4 is 17.5 Å². The van der Waals surface area contributed by atoms with Crippen LogP contribution in [0.2, 0.25) is 0 Å². The first-order valence-electron chi connectivity index (χ1n) is 4.15. The van der Waals surface area contributed by atoms with Crippen molar-refractivity contribution in [3.05, 3.63) is 29.3 Å². The van der Waals surface area contributed by atoms with Crippen LogP contribution in [0, 0.1) is 0 Å². The molecule has 0 bridgehead atoms. The molecule has 0 aliphatic carbocycles. The number of nitrogens with two attached hydrogens (primary N) is 1. The van der Waals surface area contributed by atoms with Crippen molar-refractivity contribution < 1.29 is 9.59 Å². The Morgan fingerprint density at radius 2 is 2.29 bits per heavy atom. The molecule has 0 atom stereocenters. The molecule has 0 saturated carbocycles. The zero-order chi connectivity index (χ0) is 10.1. The van der Waals surface area contributed by atoms with Gasteiger partial charge in [0.15, 0.2) is 0 Å². The van der Waals surface area contributed by atoms with Crippen molar-refractivity contribution in [1.82, 2.24) is 5.43 Å². The van der Waals surface area contributed by atoms with E-state index in [2.05, 4.69) is 5.32 Å². The van der Waals surface area contributed by atoms with Crippen LogP contribution in [-0.2, 0) is 11.2 Å². The van der Waals surface area contributed by atoms with Gasteiger partial charge in [-0.05, 0) is 11.6 Å². The molecule has 0 radical (unpaired) electrons. The second kappa shape index (κ2) is 3.12. The van der Waals surface area contributed by atoms with E-state index in [-0.39, 0.29) is 5.91 Å². The minimum Gasteiger partial charge on any atom is -0.325 e. The maximum Gasteiger partial charge on any atom is 0.267 e. The van der Waals surface area contributed by atoms with Gasteiger partial charge in [-0.1, -0.05) is 12.1 Å². The van der Waals surface area contributed by atoms with E-state index in [4.69, 9.17) is 5.84 Å². The Morgan fingerprint density at radius 1 is 1.50 bits per heavy atom. The Kier molecular flexibility index (Phi) is 1.94. The lowest BCUT2D eigenvalue weighted by Crippen LogP contribution is -2.30. The number of hydrogen-bond acceptors (Lipinski definition) is 3. The van der Waals surface area contributed by atoms with Gasteiger partial charge >= 0.3 is 0 Å². The van der Waals surface area contributed by atoms with Gasteiger partial charge in [0.05, 0.1) is 17.7 Å². The lowest BCUT2D eigenvalue weighted by atomic mass is 10.1. The molecule has 2 rings (SSSR count). The number of hydrogen-bond donors (Lipinski definition) is 3. The molecule has 1 aliphatic heterocycles. The summed E-state index contributed by atoms with van der Waals surface area (Å²) in [6, 6.07) is 5.15. The molecule has 1 aromatic rings. The number of para-hydroxylation sites is 1. The number of benzene rings is 1. The van der Waals surface area contributed by atoms with Gasteiger partial charge in [-0.15, -0.1) is 0 Å². The summed E-state index contributed by atoms with van der Waals surface area (Å²) in [7, 11) is 0. The third-order valence-electron chi connectivity index (χ3n) is 2.14. The summed E-state index contributed by atoms with van der Waals surface area (Å²) in [5.74, 6) is 4.52. The molecule has 5 heteroatoms. The molecule has 1 aliphatic rings. The van der Waals surface area contributed by atoms with E-state index in [0.717, 1.165) is 5.56 Å². The van der Waals surface area contributed by atoms with E-state index < -0.39 is 5.91 Å². The van der Waals surface area contributed by atoms with Crippen molar-refractivity contribution in [2.24, 2.45) is 5.84 Å². The molecule has 0 fully saturated rings. The molecular formula is C9H9N3O2. The molecular weight excluding hydrogens is 182 g/mol. The van der Waals surface area contributed by atoms with Crippen LogP contribution in [0.15, 0.2) is 18.2 Å². The summed E-state index contributed by atoms with van der Waals surface area (Å²) in [6.45, 7) is 0. The quantitative estimate of drug-likeness (QED) is 0.326. The second-order valence-electron chi connectivity index (χ2n) is 3.04. The topological polar surface area (TPSA) is 84.2 Å².